The van der Waals surface area contributed by atoms with Crippen LogP contribution in [0.25, 0.3) is 0 Å². The van der Waals surface area contributed by atoms with E-state index in [-0.39, 0.29) is 11.9 Å². The van der Waals surface area contributed by atoms with Gasteiger partial charge < -0.3 is 20.1 Å². The number of carbonyl (C=O) groups excluding carboxylic acids is 1. The van der Waals surface area contributed by atoms with Crippen LogP contribution in [0.3, 0.4) is 0 Å². The van der Waals surface area contributed by atoms with Gasteiger partial charge in [-0.1, -0.05) is 12.8 Å². The predicted molar refractivity (Wildman–Crippen MR) is 89.7 cm³/mol. The number of amides is 1. The standard InChI is InChI=1S/C18H26N2O3/c1-22-10-11-23-15-8-6-14(7-9-15)19-18(21)17-12-13-4-2-3-5-16(13)20-17/h6-9,13,16-17,20H,2-5,10-12H2,1H3,(H,19,21). The molecule has 0 bridgehead atoms. The fourth-order valence-corrected chi connectivity index (χ4v) is 3.63. The average Bonchev–Trinajstić information content (AvgIpc) is 3.01. The zero-order valence-corrected chi connectivity index (χ0v) is 13.7. The summed E-state index contributed by atoms with van der Waals surface area (Å²) in [7, 11) is 1.65. The first kappa shape index (κ1) is 16.3. The van der Waals surface area contributed by atoms with Crippen molar-refractivity contribution in [3.05, 3.63) is 24.3 Å². The molecule has 2 aliphatic rings. The molecular formula is C18H26N2O3. The Morgan fingerprint density at radius 3 is 2.74 bits per heavy atom. The Kier molecular flexibility index (Phi) is 5.51. The van der Waals surface area contributed by atoms with E-state index in [9.17, 15) is 4.79 Å². The van der Waals surface area contributed by atoms with Crippen molar-refractivity contribution in [1.29, 1.82) is 0 Å². The SMILES string of the molecule is COCCOc1ccc(NC(=O)C2CC3CCCCC3N2)cc1. The van der Waals surface area contributed by atoms with Crippen molar-refractivity contribution in [1.82, 2.24) is 5.32 Å². The largest absolute Gasteiger partial charge is 0.491 e. The average molecular weight is 318 g/mol. The van der Waals surface area contributed by atoms with Gasteiger partial charge in [0.2, 0.25) is 5.91 Å². The first-order chi connectivity index (χ1) is 11.3. The molecule has 5 heteroatoms. The smallest absolute Gasteiger partial charge is 0.241 e. The topological polar surface area (TPSA) is 59.6 Å². The third kappa shape index (κ3) is 4.24. The summed E-state index contributed by atoms with van der Waals surface area (Å²) in [5.74, 6) is 1.54. The second kappa shape index (κ2) is 7.79. The van der Waals surface area contributed by atoms with Crippen LogP contribution < -0.4 is 15.4 Å². The van der Waals surface area contributed by atoms with Crippen LogP contribution in [0.15, 0.2) is 24.3 Å². The van der Waals surface area contributed by atoms with Gasteiger partial charge in [-0.2, -0.15) is 0 Å². The lowest BCUT2D eigenvalue weighted by atomic mass is 9.85. The lowest BCUT2D eigenvalue weighted by molar-refractivity contribution is -0.117. The molecule has 3 rings (SSSR count). The molecule has 1 aromatic carbocycles. The number of hydrogen-bond acceptors (Lipinski definition) is 4. The maximum Gasteiger partial charge on any atom is 0.241 e. The molecule has 1 aliphatic heterocycles. The summed E-state index contributed by atoms with van der Waals surface area (Å²) in [6.45, 7) is 1.09. The number of benzene rings is 1. The van der Waals surface area contributed by atoms with Crippen LogP contribution in [-0.2, 0) is 9.53 Å². The molecular weight excluding hydrogens is 292 g/mol. The van der Waals surface area contributed by atoms with Crippen LogP contribution in [0.5, 0.6) is 5.75 Å². The molecule has 1 saturated carbocycles. The van der Waals surface area contributed by atoms with E-state index in [2.05, 4.69) is 10.6 Å². The highest BCUT2D eigenvalue weighted by Crippen LogP contribution is 2.33. The molecule has 0 spiro atoms. The summed E-state index contributed by atoms with van der Waals surface area (Å²) in [5.41, 5.74) is 0.811. The van der Waals surface area contributed by atoms with Crippen LogP contribution >= 0.6 is 0 Å². The number of methoxy groups -OCH3 is 1. The maximum atomic E-state index is 12.4. The van der Waals surface area contributed by atoms with Gasteiger partial charge in [-0.3, -0.25) is 4.79 Å². The van der Waals surface area contributed by atoms with Gasteiger partial charge in [-0.15, -0.1) is 0 Å². The lowest BCUT2D eigenvalue weighted by Crippen LogP contribution is -2.39. The molecule has 5 nitrogen and oxygen atoms in total. The van der Waals surface area contributed by atoms with Gasteiger partial charge in [-0.25, -0.2) is 0 Å². The molecule has 126 valence electrons. The van der Waals surface area contributed by atoms with Gasteiger partial charge >= 0.3 is 0 Å². The van der Waals surface area contributed by atoms with Gasteiger partial charge in [-0.05, 0) is 49.4 Å². The molecule has 1 saturated heterocycles. The Morgan fingerprint density at radius 2 is 2.00 bits per heavy atom. The second-order valence-corrected chi connectivity index (χ2v) is 6.46. The van der Waals surface area contributed by atoms with Crippen molar-refractivity contribution in [2.24, 2.45) is 5.92 Å². The minimum absolute atomic E-state index is 0.0549. The third-order valence-corrected chi connectivity index (χ3v) is 4.86. The summed E-state index contributed by atoms with van der Waals surface area (Å²) in [6, 6.07) is 7.97. The minimum Gasteiger partial charge on any atom is -0.491 e. The molecule has 1 aromatic rings. The summed E-state index contributed by atoms with van der Waals surface area (Å²) in [6.07, 6.45) is 6.03. The van der Waals surface area contributed by atoms with Crippen LogP contribution in [0.2, 0.25) is 0 Å². The van der Waals surface area contributed by atoms with Crippen LogP contribution in [0, 0.1) is 5.92 Å². The van der Waals surface area contributed by atoms with Crippen molar-refractivity contribution in [2.75, 3.05) is 25.6 Å². The molecule has 2 fully saturated rings. The molecule has 1 heterocycles. The fourth-order valence-electron chi connectivity index (χ4n) is 3.63. The number of rotatable bonds is 6. The summed E-state index contributed by atoms with van der Waals surface area (Å²) in [5, 5.41) is 6.51. The summed E-state index contributed by atoms with van der Waals surface area (Å²) < 4.78 is 10.5. The van der Waals surface area contributed by atoms with Gasteiger partial charge in [0.1, 0.15) is 12.4 Å². The highest BCUT2D eigenvalue weighted by Gasteiger charge is 2.38. The number of nitrogens with one attached hydrogen (secondary N) is 2. The molecule has 0 radical (unpaired) electrons. The van der Waals surface area contributed by atoms with Gasteiger partial charge in [0, 0.05) is 18.8 Å². The number of ether oxygens (including phenoxy) is 2. The maximum absolute atomic E-state index is 12.4. The zero-order chi connectivity index (χ0) is 16.1. The Labute approximate surface area is 137 Å². The van der Waals surface area contributed by atoms with E-state index >= 15 is 0 Å². The van der Waals surface area contributed by atoms with Crippen LogP contribution in [0.1, 0.15) is 32.1 Å². The van der Waals surface area contributed by atoms with Gasteiger partial charge in [0.05, 0.1) is 12.6 Å². The quantitative estimate of drug-likeness (QED) is 0.792. The van der Waals surface area contributed by atoms with E-state index in [1.54, 1.807) is 7.11 Å². The Hall–Kier alpha value is -1.59. The third-order valence-electron chi connectivity index (χ3n) is 4.86. The summed E-state index contributed by atoms with van der Waals surface area (Å²) >= 11 is 0. The molecule has 1 amide bonds. The number of hydrogen-bond donors (Lipinski definition) is 2. The summed E-state index contributed by atoms with van der Waals surface area (Å²) in [4.78, 5) is 12.4. The highest BCUT2D eigenvalue weighted by molar-refractivity contribution is 5.95. The monoisotopic (exact) mass is 318 g/mol. The fraction of sp³-hybridized carbons (Fsp3) is 0.611. The zero-order valence-electron chi connectivity index (χ0n) is 13.7. The van der Waals surface area contributed by atoms with E-state index in [0.29, 0.717) is 25.2 Å². The second-order valence-electron chi connectivity index (χ2n) is 6.46. The molecule has 23 heavy (non-hydrogen) atoms. The minimum atomic E-state index is -0.0549. The highest BCUT2D eigenvalue weighted by atomic mass is 16.5. The number of anilines is 1. The van der Waals surface area contributed by atoms with Gasteiger partial charge in [0.15, 0.2) is 0 Å². The molecule has 3 unspecified atom stereocenters. The number of carbonyl (C=O) groups is 1. The Morgan fingerprint density at radius 1 is 1.22 bits per heavy atom. The molecule has 2 N–H and O–H groups in total. The van der Waals surface area contributed by atoms with Gasteiger partial charge in [0.25, 0.3) is 0 Å². The van der Waals surface area contributed by atoms with E-state index in [1.807, 2.05) is 24.3 Å². The van der Waals surface area contributed by atoms with Crippen molar-refractivity contribution in [3.63, 3.8) is 0 Å². The van der Waals surface area contributed by atoms with Crippen molar-refractivity contribution in [3.8, 4) is 5.75 Å². The Balaban J connectivity index is 1.50. The van der Waals surface area contributed by atoms with E-state index in [1.165, 1.54) is 25.7 Å². The molecule has 1 aliphatic carbocycles. The first-order valence-corrected chi connectivity index (χ1v) is 8.55. The normalized spacial score (nSPS) is 26.6. The molecule has 0 aromatic heterocycles. The van der Waals surface area contributed by atoms with Crippen LogP contribution in [0.4, 0.5) is 5.69 Å². The molecule has 3 atom stereocenters. The lowest BCUT2D eigenvalue weighted by Gasteiger charge is -2.24. The van der Waals surface area contributed by atoms with Crippen LogP contribution in [-0.4, -0.2) is 38.3 Å². The predicted octanol–water partition coefficient (Wildman–Crippen LogP) is 2.57. The van der Waals surface area contributed by atoms with Crippen molar-refractivity contribution >= 4 is 11.6 Å². The van der Waals surface area contributed by atoms with E-state index < -0.39 is 0 Å². The number of fused-ring (bicyclic) bond motifs is 1. The first-order valence-electron chi connectivity index (χ1n) is 8.55. The van der Waals surface area contributed by atoms with Crippen molar-refractivity contribution in [2.45, 2.75) is 44.2 Å². The van der Waals surface area contributed by atoms with E-state index in [0.717, 1.165) is 17.9 Å². The Bertz CT molecular complexity index is 504. The van der Waals surface area contributed by atoms with Crippen molar-refractivity contribution < 1.29 is 14.3 Å². The van der Waals surface area contributed by atoms with E-state index in [4.69, 9.17) is 9.47 Å².